The van der Waals surface area contributed by atoms with Gasteiger partial charge in [-0.2, -0.15) is 0 Å². The summed E-state index contributed by atoms with van der Waals surface area (Å²) in [5.74, 6) is -0.816. The van der Waals surface area contributed by atoms with E-state index in [2.05, 4.69) is 5.32 Å². The van der Waals surface area contributed by atoms with Crippen molar-refractivity contribution in [3.05, 3.63) is 35.5 Å². The van der Waals surface area contributed by atoms with Gasteiger partial charge in [0.25, 0.3) is 0 Å². The van der Waals surface area contributed by atoms with Crippen LogP contribution in [0.2, 0.25) is 0 Å². The Morgan fingerprint density at radius 3 is 2.80 bits per heavy atom. The van der Waals surface area contributed by atoms with Crippen LogP contribution in [0.5, 0.6) is 0 Å². The maximum atomic E-state index is 12.0. The minimum absolute atomic E-state index is 0.222. The van der Waals surface area contributed by atoms with Crippen molar-refractivity contribution in [2.75, 3.05) is 0 Å². The molecule has 0 radical (unpaired) electrons. The van der Waals surface area contributed by atoms with Gasteiger partial charge in [-0.25, -0.2) is 0 Å². The molecule has 5 nitrogen and oxygen atoms in total. The van der Waals surface area contributed by atoms with Crippen LogP contribution in [-0.2, 0) is 16.6 Å². The number of hydrogen-bond acceptors (Lipinski definition) is 3. The largest absolute Gasteiger partial charge is 0.350 e. The number of aryl methyl sites for hydroxylation is 1. The molecule has 0 spiro atoms. The number of benzene rings is 1. The van der Waals surface area contributed by atoms with Gasteiger partial charge in [-0.1, -0.05) is 6.07 Å². The van der Waals surface area contributed by atoms with Crippen molar-refractivity contribution >= 4 is 29.0 Å². The molecule has 1 saturated heterocycles. The average molecular weight is 270 g/mol. The summed E-state index contributed by atoms with van der Waals surface area (Å²) in [5, 5.41) is 3.27. The van der Waals surface area contributed by atoms with Crippen molar-refractivity contribution in [1.82, 2.24) is 9.88 Å². The number of aldehydes is 1. The molecule has 2 amide bonds. The lowest BCUT2D eigenvalue weighted by molar-refractivity contribution is -0.134. The Hall–Kier alpha value is -2.43. The van der Waals surface area contributed by atoms with Gasteiger partial charge in [0.2, 0.25) is 11.8 Å². The molecule has 1 aliphatic heterocycles. The fourth-order valence-electron chi connectivity index (χ4n) is 2.86. The summed E-state index contributed by atoms with van der Waals surface area (Å²) in [5.41, 5.74) is 2.29. The predicted molar refractivity (Wildman–Crippen MR) is 73.4 cm³/mol. The highest BCUT2D eigenvalue weighted by Gasteiger charge is 2.29. The van der Waals surface area contributed by atoms with E-state index in [1.165, 1.54) is 0 Å². The Kier molecular flexibility index (Phi) is 2.89. The third-order valence-electron chi connectivity index (χ3n) is 3.84. The van der Waals surface area contributed by atoms with Gasteiger partial charge in [-0.05, 0) is 24.1 Å². The summed E-state index contributed by atoms with van der Waals surface area (Å²) < 4.78 is 1.87. The number of amides is 2. The first-order chi connectivity index (χ1) is 9.61. The summed E-state index contributed by atoms with van der Waals surface area (Å²) >= 11 is 0. The van der Waals surface area contributed by atoms with Gasteiger partial charge in [0.05, 0.1) is 11.4 Å². The third-order valence-corrected chi connectivity index (χ3v) is 3.84. The van der Waals surface area contributed by atoms with E-state index in [1.807, 2.05) is 29.9 Å². The molecule has 3 rings (SSSR count). The topological polar surface area (TPSA) is 68.2 Å². The van der Waals surface area contributed by atoms with Gasteiger partial charge < -0.3 is 4.57 Å². The summed E-state index contributed by atoms with van der Waals surface area (Å²) in [7, 11) is 1.86. The molecule has 1 atom stereocenters. The molecule has 2 heterocycles. The van der Waals surface area contributed by atoms with E-state index in [0.717, 1.165) is 22.8 Å². The predicted octanol–water partition coefficient (Wildman–Crippen LogP) is 1.51. The molecule has 5 heteroatoms. The Morgan fingerprint density at radius 2 is 2.10 bits per heavy atom. The Bertz CT molecular complexity index is 730. The van der Waals surface area contributed by atoms with Crippen LogP contribution in [0.4, 0.5) is 0 Å². The number of hydrogen-bond donors (Lipinski definition) is 1. The van der Waals surface area contributed by atoms with E-state index in [9.17, 15) is 14.4 Å². The van der Waals surface area contributed by atoms with E-state index in [4.69, 9.17) is 0 Å². The van der Waals surface area contributed by atoms with Gasteiger partial charge in [0.15, 0.2) is 6.29 Å². The Balaban J connectivity index is 2.15. The fraction of sp³-hybridized carbons (Fsp3) is 0.267. The van der Waals surface area contributed by atoms with Crippen LogP contribution in [0.1, 0.15) is 34.7 Å². The third kappa shape index (κ3) is 1.82. The molecule has 20 heavy (non-hydrogen) atoms. The van der Waals surface area contributed by atoms with Crippen LogP contribution >= 0.6 is 0 Å². The molecule has 102 valence electrons. The van der Waals surface area contributed by atoms with Crippen molar-refractivity contribution in [2.45, 2.75) is 18.8 Å². The second kappa shape index (κ2) is 4.59. The number of piperidine rings is 1. The highest BCUT2D eigenvalue weighted by molar-refractivity contribution is 6.04. The van der Waals surface area contributed by atoms with Crippen molar-refractivity contribution in [3.63, 3.8) is 0 Å². The van der Waals surface area contributed by atoms with Gasteiger partial charge in [0.1, 0.15) is 0 Å². The van der Waals surface area contributed by atoms with Crippen molar-refractivity contribution < 1.29 is 14.4 Å². The van der Waals surface area contributed by atoms with Gasteiger partial charge in [0, 0.05) is 30.6 Å². The first kappa shape index (κ1) is 12.6. The van der Waals surface area contributed by atoms with Crippen molar-refractivity contribution in [1.29, 1.82) is 0 Å². The van der Waals surface area contributed by atoms with E-state index in [0.29, 0.717) is 18.4 Å². The van der Waals surface area contributed by atoms with Crippen molar-refractivity contribution in [3.8, 4) is 0 Å². The van der Waals surface area contributed by atoms with E-state index in [-0.39, 0.29) is 17.7 Å². The lowest BCUT2D eigenvalue weighted by Crippen LogP contribution is -2.39. The zero-order valence-electron chi connectivity index (χ0n) is 11.1. The number of nitrogens with one attached hydrogen (secondary N) is 1. The lowest BCUT2D eigenvalue weighted by atomic mass is 9.88. The number of imide groups is 1. The summed E-state index contributed by atoms with van der Waals surface area (Å²) in [6.07, 6.45) is 3.54. The zero-order chi connectivity index (χ0) is 14.3. The molecule has 1 N–H and O–H groups in total. The highest BCUT2D eigenvalue weighted by atomic mass is 16.2. The molecule has 1 aromatic heterocycles. The van der Waals surface area contributed by atoms with Crippen LogP contribution in [0.25, 0.3) is 10.9 Å². The number of carbonyl (C=O) groups is 3. The molecule has 1 aromatic carbocycles. The second-order valence-corrected chi connectivity index (χ2v) is 5.05. The van der Waals surface area contributed by atoms with Crippen LogP contribution in [0.3, 0.4) is 0 Å². The summed E-state index contributed by atoms with van der Waals surface area (Å²) in [4.78, 5) is 34.4. The Labute approximate surface area is 115 Å². The fourth-order valence-corrected chi connectivity index (χ4v) is 2.86. The van der Waals surface area contributed by atoms with E-state index < -0.39 is 0 Å². The molecule has 2 aromatic rings. The molecule has 1 aliphatic rings. The summed E-state index contributed by atoms with van der Waals surface area (Å²) in [6, 6.07) is 5.45. The van der Waals surface area contributed by atoms with Crippen LogP contribution < -0.4 is 5.32 Å². The maximum absolute atomic E-state index is 12.0. The minimum atomic E-state index is -0.335. The van der Waals surface area contributed by atoms with Crippen LogP contribution in [0.15, 0.2) is 24.4 Å². The molecular formula is C15H14N2O3. The minimum Gasteiger partial charge on any atom is -0.350 e. The smallest absolute Gasteiger partial charge is 0.234 e. The molecule has 0 bridgehead atoms. The highest BCUT2D eigenvalue weighted by Crippen LogP contribution is 2.32. The van der Waals surface area contributed by atoms with E-state index in [1.54, 1.807) is 6.07 Å². The monoisotopic (exact) mass is 270 g/mol. The molecule has 0 aliphatic carbocycles. The molecule has 1 unspecified atom stereocenters. The standard InChI is InChI=1S/C15H14N2O3/c1-17-7-6-11-10(3-2-9(8-18)14(11)17)12-4-5-13(19)16-15(12)20/h2-3,6-8,12H,4-5H2,1H3,(H,16,19,20). The van der Waals surface area contributed by atoms with E-state index >= 15 is 0 Å². The molecule has 1 fully saturated rings. The first-order valence-corrected chi connectivity index (χ1v) is 6.48. The quantitative estimate of drug-likeness (QED) is 0.664. The van der Waals surface area contributed by atoms with Crippen LogP contribution in [0, 0.1) is 0 Å². The number of carbonyl (C=O) groups excluding carboxylic acids is 3. The van der Waals surface area contributed by atoms with Crippen molar-refractivity contribution in [2.24, 2.45) is 7.05 Å². The van der Waals surface area contributed by atoms with Gasteiger partial charge in [-0.15, -0.1) is 0 Å². The zero-order valence-corrected chi connectivity index (χ0v) is 11.1. The van der Waals surface area contributed by atoms with Gasteiger partial charge >= 0.3 is 0 Å². The second-order valence-electron chi connectivity index (χ2n) is 5.05. The summed E-state index contributed by atoms with van der Waals surface area (Å²) in [6.45, 7) is 0. The Morgan fingerprint density at radius 1 is 1.30 bits per heavy atom. The normalized spacial score (nSPS) is 19.1. The SMILES string of the molecule is Cn1ccc2c(C3CCC(=O)NC3=O)ccc(C=O)c21. The number of nitrogens with zero attached hydrogens (tertiary/aromatic N) is 1. The first-order valence-electron chi connectivity index (χ1n) is 6.48. The molecular weight excluding hydrogens is 256 g/mol. The lowest BCUT2D eigenvalue weighted by Gasteiger charge is -2.22. The maximum Gasteiger partial charge on any atom is 0.234 e. The van der Waals surface area contributed by atoms with Gasteiger partial charge in [-0.3, -0.25) is 19.7 Å². The van der Waals surface area contributed by atoms with Crippen LogP contribution in [-0.4, -0.2) is 22.7 Å². The number of aromatic nitrogens is 1. The number of rotatable bonds is 2. The average Bonchev–Trinajstić information content (AvgIpc) is 2.81. The number of fused-ring (bicyclic) bond motifs is 1. The molecule has 0 saturated carbocycles.